The van der Waals surface area contributed by atoms with Crippen molar-refractivity contribution >= 4 is 23.4 Å². The van der Waals surface area contributed by atoms with E-state index in [0.717, 1.165) is 11.3 Å². The molecule has 1 heterocycles. The lowest BCUT2D eigenvalue weighted by atomic mass is 10.2. The van der Waals surface area contributed by atoms with Crippen molar-refractivity contribution in [3.05, 3.63) is 76.4 Å². The zero-order chi connectivity index (χ0) is 17.6. The Hall–Kier alpha value is -2.55. The van der Waals surface area contributed by atoms with Crippen molar-refractivity contribution in [2.75, 3.05) is 0 Å². The Morgan fingerprint density at radius 2 is 1.92 bits per heavy atom. The Balaban J connectivity index is 1.72. The summed E-state index contributed by atoms with van der Waals surface area (Å²) in [7, 11) is 0. The van der Waals surface area contributed by atoms with Crippen LogP contribution in [0.4, 0.5) is 0 Å². The van der Waals surface area contributed by atoms with E-state index in [9.17, 15) is 0 Å². The number of benzene rings is 2. The molecule has 0 unspecified atom stereocenters. The molecule has 0 aliphatic rings. The number of nitriles is 1. The molecule has 25 heavy (non-hydrogen) atoms. The molecule has 0 aliphatic heterocycles. The molecule has 3 aromatic rings. The summed E-state index contributed by atoms with van der Waals surface area (Å²) in [6.07, 6.45) is 0. The molecule has 0 bridgehead atoms. The number of hydrogen-bond acceptors (Lipinski definition) is 5. The molecule has 0 fully saturated rings. The zero-order valence-corrected chi connectivity index (χ0v) is 15.0. The van der Waals surface area contributed by atoms with Crippen LogP contribution in [-0.2, 0) is 5.75 Å². The van der Waals surface area contributed by atoms with E-state index >= 15 is 0 Å². The Morgan fingerprint density at radius 3 is 2.68 bits per heavy atom. The van der Waals surface area contributed by atoms with E-state index in [2.05, 4.69) is 16.0 Å². The summed E-state index contributed by atoms with van der Waals surface area (Å²) >= 11 is 7.38. The molecular formula is C19H14ClN3OS. The maximum Gasteiger partial charge on any atom is 0.223 e. The maximum atomic E-state index is 8.97. The Morgan fingerprint density at radius 1 is 1.12 bits per heavy atom. The molecule has 0 saturated heterocycles. The molecular weight excluding hydrogens is 354 g/mol. The quantitative estimate of drug-likeness (QED) is 0.446. The van der Waals surface area contributed by atoms with Gasteiger partial charge < -0.3 is 4.74 Å². The summed E-state index contributed by atoms with van der Waals surface area (Å²) in [4.78, 5) is 8.87. The van der Waals surface area contributed by atoms with Gasteiger partial charge in [0.1, 0.15) is 5.75 Å². The lowest BCUT2D eigenvalue weighted by Crippen LogP contribution is -1.95. The highest BCUT2D eigenvalue weighted by Crippen LogP contribution is 2.26. The van der Waals surface area contributed by atoms with Crippen LogP contribution in [0.5, 0.6) is 11.6 Å². The molecule has 0 amide bonds. The van der Waals surface area contributed by atoms with Gasteiger partial charge in [0.25, 0.3) is 0 Å². The van der Waals surface area contributed by atoms with Gasteiger partial charge >= 0.3 is 0 Å². The van der Waals surface area contributed by atoms with E-state index < -0.39 is 0 Å². The van der Waals surface area contributed by atoms with Crippen LogP contribution in [0.2, 0.25) is 5.02 Å². The van der Waals surface area contributed by atoms with Crippen molar-refractivity contribution in [2.45, 2.75) is 17.8 Å². The smallest absolute Gasteiger partial charge is 0.223 e. The first kappa shape index (κ1) is 17.3. The molecule has 2 aromatic carbocycles. The predicted octanol–water partition coefficient (Wildman–Crippen LogP) is 5.39. The van der Waals surface area contributed by atoms with E-state index in [1.165, 1.54) is 11.8 Å². The number of rotatable bonds is 5. The van der Waals surface area contributed by atoms with Gasteiger partial charge in [0.05, 0.1) is 11.6 Å². The molecule has 3 rings (SSSR count). The molecule has 6 heteroatoms. The van der Waals surface area contributed by atoms with Gasteiger partial charge in [-0.25, -0.2) is 4.98 Å². The average molecular weight is 368 g/mol. The summed E-state index contributed by atoms with van der Waals surface area (Å²) in [5.74, 6) is 1.84. The molecule has 4 nitrogen and oxygen atoms in total. The highest BCUT2D eigenvalue weighted by molar-refractivity contribution is 7.98. The summed E-state index contributed by atoms with van der Waals surface area (Å²) in [6.45, 7) is 1.90. The fraction of sp³-hybridized carbons (Fsp3) is 0.105. The van der Waals surface area contributed by atoms with E-state index in [4.69, 9.17) is 21.6 Å². The molecule has 0 radical (unpaired) electrons. The van der Waals surface area contributed by atoms with Gasteiger partial charge in [-0.05, 0) is 48.9 Å². The first-order chi connectivity index (χ1) is 12.1. The fourth-order valence-electron chi connectivity index (χ4n) is 2.13. The van der Waals surface area contributed by atoms with Crippen LogP contribution in [0.1, 0.15) is 16.8 Å². The third-order valence-electron chi connectivity index (χ3n) is 3.27. The summed E-state index contributed by atoms with van der Waals surface area (Å²) < 4.78 is 5.78. The Bertz CT molecular complexity index is 923. The van der Waals surface area contributed by atoms with Crippen LogP contribution in [0.15, 0.2) is 59.8 Å². The van der Waals surface area contributed by atoms with Crippen LogP contribution in [0.3, 0.4) is 0 Å². The van der Waals surface area contributed by atoms with Gasteiger partial charge in [-0.15, -0.1) is 0 Å². The third kappa shape index (κ3) is 4.96. The topological polar surface area (TPSA) is 58.8 Å². The standard InChI is InChI=1S/C19H14ClN3OS/c1-13-9-18(24-17-7-5-16(20)6-8-17)23-19(22-13)25-12-15-4-2-3-14(10-15)11-21/h2-10H,12H2,1H3. The minimum Gasteiger partial charge on any atom is -0.439 e. The number of nitrogens with zero attached hydrogens (tertiary/aromatic N) is 3. The Kier molecular flexibility index (Phi) is 5.54. The van der Waals surface area contributed by atoms with Crippen LogP contribution in [0.25, 0.3) is 0 Å². The second kappa shape index (κ2) is 8.02. The lowest BCUT2D eigenvalue weighted by Gasteiger charge is -2.08. The molecule has 0 aliphatic carbocycles. The van der Waals surface area contributed by atoms with Gasteiger partial charge in [-0.3, -0.25) is 0 Å². The van der Waals surface area contributed by atoms with Crippen LogP contribution in [0, 0.1) is 18.3 Å². The highest BCUT2D eigenvalue weighted by atomic mass is 35.5. The van der Waals surface area contributed by atoms with Crippen molar-refractivity contribution in [3.8, 4) is 17.7 Å². The summed E-state index contributed by atoms with van der Waals surface area (Å²) in [5, 5.41) is 10.3. The highest BCUT2D eigenvalue weighted by Gasteiger charge is 2.06. The van der Waals surface area contributed by atoms with Crippen molar-refractivity contribution in [3.63, 3.8) is 0 Å². The van der Waals surface area contributed by atoms with Crippen LogP contribution in [-0.4, -0.2) is 9.97 Å². The molecule has 1 aromatic heterocycles. The van der Waals surface area contributed by atoms with Crippen molar-refractivity contribution < 1.29 is 4.74 Å². The van der Waals surface area contributed by atoms with Crippen molar-refractivity contribution in [1.29, 1.82) is 5.26 Å². The van der Waals surface area contributed by atoms with E-state index in [0.29, 0.717) is 33.1 Å². The van der Waals surface area contributed by atoms with Gasteiger partial charge in [0.15, 0.2) is 5.16 Å². The minimum absolute atomic E-state index is 0.489. The van der Waals surface area contributed by atoms with E-state index in [-0.39, 0.29) is 0 Å². The predicted molar refractivity (Wildman–Crippen MR) is 99.0 cm³/mol. The third-order valence-corrected chi connectivity index (χ3v) is 4.44. The molecule has 0 spiro atoms. The second-order valence-electron chi connectivity index (χ2n) is 5.29. The second-order valence-corrected chi connectivity index (χ2v) is 6.67. The number of aromatic nitrogens is 2. The van der Waals surface area contributed by atoms with Gasteiger partial charge in [-0.1, -0.05) is 35.5 Å². The SMILES string of the molecule is Cc1cc(Oc2ccc(Cl)cc2)nc(SCc2cccc(C#N)c2)n1. The first-order valence-electron chi connectivity index (χ1n) is 7.53. The largest absolute Gasteiger partial charge is 0.439 e. The van der Waals surface area contributed by atoms with Crippen LogP contribution < -0.4 is 4.74 Å². The van der Waals surface area contributed by atoms with Crippen molar-refractivity contribution in [2.24, 2.45) is 0 Å². The van der Waals surface area contributed by atoms with Gasteiger partial charge in [-0.2, -0.15) is 10.2 Å². The monoisotopic (exact) mass is 367 g/mol. The maximum absolute atomic E-state index is 8.97. The van der Waals surface area contributed by atoms with Crippen molar-refractivity contribution in [1.82, 2.24) is 9.97 Å². The fourth-order valence-corrected chi connectivity index (χ4v) is 3.10. The zero-order valence-electron chi connectivity index (χ0n) is 13.4. The first-order valence-corrected chi connectivity index (χ1v) is 8.90. The normalized spacial score (nSPS) is 10.3. The number of halogens is 1. The van der Waals surface area contributed by atoms with Crippen LogP contribution >= 0.6 is 23.4 Å². The summed E-state index contributed by atoms with van der Waals surface area (Å²) in [5.41, 5.74) is 2.52. The Labute approximate surface area is 155 Å². The lowest BCUT2D eigenvalue weighted by molar-refractivity contribution is 0.454. The number of hydrogen-bond donors (Lipinski definition) is 0. The van der Waals surface area contributed by atoms with E-state index in [1.807, 2.05) is 25.1 Å². The molecule has 0 atom stereocenters. The molecule has 0 saturated carbocycles. The number of thioether (sulfide) groups is 1. The van der Waals surface area contributed by atoms with Gasteiger partial charge in [0, 0.05) is 22.5 Å². The number of ether oxygens (including phenoxy) is 1. The number of aryl methyl sites for hydroxylation is 1. The summed E-state index contributed by atoms with van der Waals surface area (Å²) in [6, 6.07) is 18.6. The van der Waals surface area contributed by atoms with Gasteiger partial charge in [0.2, 0.25) is 5.88 Å². The average Bonchev–Trinajstić information content (AvgIpc) is 2.62. The molecule has 0 N–H and O–H groups in total. The van der Waals surface area contributed by atoms with E-state index in [1.54, 1.807) is 36.4 Å². The minimum atomic E-state index is 0.489. The molecule has 124 valence electrons.